The average molecular weight is 517 g/mol. The Hall–Kier alpha value is -3.78. The molecule has 8 heteroatoms. The Morgan fingerprint density at radius 1 is 1.05 bits per heavy atom. The molecule has 1 aliphatic heterocycles. The molecule has 190 valence electrons. The van der Waals surface area contributed by atoms with E-state index in [-0.39, 0.29) is 22.2 Å². The summed E-state index contributed by atoms with van der Waals surface area (Å²) in [6.07, 6.45) is 0. The fourth-order valence-electron chi connectivity index (χ4n) is 4.67. The van der Waals surface area contributed by atoms with Crippen LogP contribution < -0.4 is 10.3 Å². The lowest BCUT2D eigenvalue weighted by molar-refractivity contribution is 0.0605. The number of rotatable bonds is 3. The van der Waals surface area contributed by atoms with E-state index in [1.54, 1.807) is 13.0 Å². The number of carbonyl (C=O) groups excluding carboxylic acids is 2. The van der Waals surface area contributed by atoms with E-state index in [4.69, 9.17) is 9.15 Å². The van der Waals surface area contributed by atoms with Crippen molar-refractivity contribution >= 4 is 39.3 Å². The van der Waals surface area contributed by atoms with E-state index >= 15 is 0 Å². The predicted molar refractivity (Wildman–Crippen MR) is 144 cm³/mol. The van der Waals surface area contributed by atoms with Gasteiger partial charge in [0, 0.05) is 0 Å². The minimum Gasteiger partial charge on any atom is -0.465 e. The molecule has 4 aromatic rings. The van der Waals surface area contributed by atoms with Gasteiger partial charge < -0.3 is 9.15 Å². The summed E-state index contributed by atoms with van der Waals surface area (Å²) in [6, 6.07) is 10.7. The summed E-state index contributed by atoms with van der Waals surface area (Å²) in [4.78, 5) is 46.4. The molecule has 0 bridgehead atoms. The fourth-order valence-corrected chi connectivity index (χ4v) is 5.69. The number of amides is 1. The van der Waals surface area contributed by atoms with Crippen molar-refractivity contribution in [1.82, 2.24) is 4.98 Å². The summed E-state index contributed by atoms with van der Waals surface area (Å²) in [5.74, 6) is -0.997. The van der Waals surface area contributed by atoms with E-state index in [1.807, 2.05) is 44.2 Å². The molecule has 0 aliphatic carbocycles. The van der Waals surface area contributed by atoms with Crippen LogP contribution in [-0.2, 0) is 10.2 Å². The highest BCUT2D eigenvalue weighted by molar-refractivity contribution is 7.17. The van der Waals surface area contributed by atoms with E-state index in [2.05, 4.69) is 25.8 Å². The zero-order chi connectivity index (χ0) is 26.8. The molecule has 0 N–H and O–H groups in total. The standard InChI is InChI=1S/C29H28N2O5S/c1-14-12-19-20(13-15(14)2)36-24-21(23(19)32)22(17-8-10-18(11-9-17)29(4,5)6)31(26(24)33)28-30-16(3)25(37-28)27(34)35-7/h8-13,22H,1-7H3. The normalized spacial score (nSPS) is 15.4. The van der Waals surface area contributed by atoms with Crippen LogP contribution >= 0.6 is 11.3 Å². The highest BCUT2D eigenvalue weighted by Crippen LogP contribution is 2.43. The molecule has 0 radical (unpaired) electrons. The van der Waals surface area contributed by atoms with Crippen molar-refractivity contribution in [2.75, 3.05) is 12.0 Å². The monoisotopic (exact) mass is 516 g/mol. The Balaban J connectivity index is 1.77. The number of nitrogens with zero attached hydrogens (tertiary/aromatic N) is 2. The van der Waals surface area contributed by atoms with E-state index in [0.717, 1.165) is 33.6 Å². The second-order valence-electron chi connectivity index (χ2n) is 10.5. The maximum atomic E-state index is 13.9. The van der Waals surface area contributed by atoms with Crippen LogP contribution in [0.4, 0.5) is 5.13 Å². The van der Waals surface area contributed by atoms with E-state index in [9.17, 15) is 14.4 Å². The summed E-state index contributed by atoms with van der Waals surface area (Å²) in [6.45, 7) is 11.9. The van der Waals surface area contributed by atoms with Crippen molar-refractivity contribution in [3.05, 3.63) is 90.8 Å². The molecule has 1 unspecified atom stereocenters. The first-order valence-electron chi connectivity index (χ1n) is 12.0. The molecule has 1 amide bonds. The van der Waals surface area contributed by atoms with Crippen molar-refractivity contribution in [2.45, 2.75) is 53.0 Å². The van der Waals surface area contributed by atoms with Gasteiger partial charge in [-0.1, -0.05) is 56.4 Å². The van der Waals surface area contributed by atoms with Crippen molar-refractivity contribution in [3.63, 3.8) is 0 Å². The van der Waals surface area contributed by atoms with Crippen LogP contribution in [0, 0.1) is 20.8 Å². The Labute approximate surface area is 218 Å². The lowest BCUT2D eigenvalue weighted by Crippen LogP contribution is -2.29. The number of aromatic nitrogens is 1. The van der Waals surface area contributed by atoms with Gasteiger partial charge in [-0.3, -0.25) is 14.5 Å². The highest BCUT2D eigenvalue weighted by Gasteiger charge is 2.45. The van der Waals surface area contributed by atoms with Crippen molar-refractivity contribution < 1.29 is 18.7 Å². The molecule has 1 atom stereocenters. The van der Waals surface area contributed by atoms with Crippen molar-refractivity contribution in [2.24, 2.45) is 0 Å². The van der Waals surface area contributed by atoms with Gasteiger partial charge in [-0.25, -0.2) is 9.78 Å². The first-order chi connectivity index (χ1) is 17.4. The molecular weight excluding hydrogens is 488 g/mol. The first-order valence-corrected chi connectivity index (χ1v) is 12.8. The van der Waals surface area contributed by atoms with Crippen LogP contribution in [0.2, 0.25) is 0 Å². The predicted octanol–water partition coefficient (Wildman–Crippen LogP) is 6.01. The summed E-state index contributed by atoms with van der Waals surface area (Å²) in [5.41, 5.74) is 4.59. The van der Waals surface area contributed by atoms with Gasteiger partial charge in [-0.15, -0.1) is 0 Å². The van der Waals surface area contributed by atoms with Crippen molar-refractivity contribution in [1.29, 1.82) is 0 Å². The summed E-state index contributed by atoms with van der Waals surface area (Å²) in [7, 11) is 1.30. The topological polar surface area (TPSA) is 89.7 Å². The molecule has 0 spiro atoms. The third-order valence-electron chi connectivity index (χ3n) is 6.94. The number of aryl methyl sites for hydroxylation is 3. The van der Waals surface area contributed by atoms with Gasteiger partial charge in [0.25, 0.3) is 5.91 Å². The number of benzene rings is 2. The first kappa shape index (κ1) is 24.9. The Bertz CT molecular complexity index is 1640. The summed E-state index contributed by atoms with van der Waals surface area (Å²) >= 11 is 1.06. The minimum absolute atomic E-state index is 0.00174. The van der Waals surface area contributed by atoms with Gasteiger partial charge in [0.1, 0.15) is 10.5 Å². The number of methoxy groups -OCH3 is 1. The SMILES string of the molecule is COC(=O)c1sc(N2C(=O)c3oc4cc(C)c(C)cc4c(=O)c3C2c2ccc(C(C)(C)C)cc2)nc1C. The van der Waals surface area contributed by atoms with Crippen LogP contribution in [0.25, 0.3) is 11.0 Å². The maximum Gasteiger partial charge on any atom is 0.350 e. The molecule has 7 nitrogen and oxygen atoms in total. The average Bonchev–Trinajstić information content (AvgIpc) is 3.37. The van der Waals surface area contributed by atoms with Gasteiger partial charge in [-0.2, -0.15) is 0 Å². The molecule has 0 saturated carbocycles. The number of esters is 1. The van der Waals surface area contributed by atoms with Crippen LogP contribution in [-0.4, -0.2) is 24.0 Å². The highest BCUT2D eigenvalue weighted by atomic mass is 32.1. The number of hydrogen-bond acceptors (Lipinski definition) is 7. The van der Waals surface area contributed by atoms with Crippen LogP contribution in [0.15, 0.2) is 45.6 Å². The lowest BCUT2D eigenvalue weighted by atomic mass is 9.86. The largest absolute Gasteiger partial charge is 0.465 e. The maximum absolute atomic E-state index is 13.9. The molecule has 2 aromatic carbocycles. The second-order valence-corrected chi connectivity index (χ2v) is 11.4. The number of carbonyl (C=O) groups is 2. The Kier molecular flexibility index (Phi) is 5.83. The lowest BCUT2D eigenvalue weighted by Gasteiger charge is -2.24. The third kappa shape index (κ3) is 3.96. The fraction of sp³-hybridized carbons (Fsp3) is 0.310. The van der Waals surface area contributed by atoms with E-state index < -0.39 is 17.9 Å². The number of ether oxygens (including phenoxy) is 1. The summed E-state index contributed by atoms with van der Waals surface area (Å²) in [5, 5.41) is 0.730. The quantitative estimate of drug-likeness (QED) is 0.310. The number of thiazole rings is 1. The smallest absolute Gasteiger partial charge is 0.350 e. The summed E-state index contributed by atoms with van der Waals surface area (Å²) < 4.78 is 11.0. The zero-order valence-electron chi connectivity index (χ0n) is 21.9. The van der Waals surface area contributed by atoms with Gasteiger partial charge in [0.05, 0.1) is 29.8 Å². The zero-order valence-corrected chi connectivity index (χ0v) is 22.7. The van der Waals surface area contributed by atoms with Crippen LogP contribution in [0.1, 0.15) is 80.6 Å². The Morgan fingerprint density at radius 3 is 2.32 bits per heavy atom. The van der Waals surface area contributed by atoms with Crippen LogP contribution in [0.5, 0.6) is 0 Å². The van der Waals surface area contributed by atoms with E-state index in [1.165, 1.54) is 12.0 Å². The van der Waals surface area contributed by atoms with Gasteiger partial charge >= 0.3 is 5.97 Å². The molecule has 0 saturated heterocycles. The molecule has 1 aliphatic rings. The molecule has 37 heavy (non-hydrogen) atoms. The number of hydrogen-bond donors (Lipinski definition) is 0. The third-order valence-corrected chi connectivity index (χ3v) is 8.08. The number of anilines is 1. The Morgan fingerprint density at radius 2 is 1.70 bits per heavy atom. The van der Waals surface area contributed by atoms with Gasteiger partial charge in [-0.05, 0) is 60.6 Å². The van der Waals surface area contributed by atoms with Gasteiger partial charge in [0.15, 0.2) is 10.6 Å². The second kappa shape index (κ2) is 8.66. The molecule has 5 rings (SSSR count). The van der Waals surface area contributed by atoms with Gasteiger partial charge in [0.2, 0.25) is 5.76 Å². The molecule has 0 fully saturated rings. The molecule has 3 heterocycles. The molecular formula is C29H28N2O5S. The van der Waals surface area contributed by atoms with Crippen LogP contribution in [0.3, 0.4) is 0 Å². The van der Waals surface area contributed by atoms with Crippen molar-refractivity contribution in [3.8, 4) is 0 Å². The van der Waals surface area contributed by atoms with E-state index in [0.29, 0.717) is 26.7 Å². The minimum atomic E-state index is -0.755. The molecule has 2 aromatic heterocycles. The number of fused-ring (bicyclic) bond motifs is 2.